The highest BCUT2D eigenvalue weighted by Crippen LogP contribution is 1.44. The molecule has 0 fully saturated rings. The molecule has 8 heavy (non-hydrogen) atoms. The molecule has 2 N–H and O–H groups in total. The third-order valence-electron chi connectivity index (χ3n) is 0. The van der Waals surface area contributed by atoms with Gasteiger partial charge in [-0.15, -0.1) is 0 Å². The Kier molecular flexibility index (Phi) is 163. The molecule has 0 atom stereocenters. The molecule has 0 aromatic heterocycles. The zero-order valence-electron chi connectivity index (χ0n) is 5.95. The monoisotopic (exact) mass is 269 g/mol. The Hall–Kier alpha value is 2.35. The van der Waals surface area contributed by atoms with Crippen molar-refractivity contribution in [3.63, 3.8) is 0 Å². The molecule has 44 valence electrons. The standard InChI is InChI=1S/C2H6B.3Al.HI.H2N.4H/c1-3-2;;;;;;;;;/h1-2H3;;;;1H;1H2;;;;/q;;2*+1;;-1;;;;/p-1. The predicted molar refractivity (Wildman–Crippen MR) is 58.5 cm³/mol. The van der Waals surface area contributed by atoms with Gasteiger partial charge in [-0.2, -0.15) is 0 Å². The van der Waals surface area contributed by atoms with Crippen molar-refractivity contribution in [1.82, 2.24) is 0 Å². The third-order valence-corrected chi connectivity index (χ3v) is 0. The molecule has 0 unspecified atom stereocenters. The van der Waals surface area contributed by atoms with Crippen molar-refractivity contribution in [3.8, 4) is 0 Å². The first kappa shape index (κ1) is 22.4. The van der Waals surface area contributed by atoms with Crippen LogP contribution in [0.2, 0.25) is 13.6 Å². The summed E-state index contributed by atoms with van der Waals surface area (Å²) in [5.74, 6) is 0. The Morgan fingerprint density at radius 1 is 1.25 bits per heavy atom. The summed E-state index contributed by atoms with van der Waals surface area (Å²) in [5.41, 5.74) is 0. The second-order valence-corrected chi connectivity index (χ2v) is 0.577. The Balaban J connectivity index is -0.0000000147. The van der Waals surface area contributed by atoms with Gasteiger partial charge >= 0.3 is 0 Å². The van der Waals surface area contributed by atoms with Crippen molar-refractivity contribution >= 4 is 74.4 Å². The van der Waals surface area contributed by atoms with Crippen LogP contribution >= 0.6 is 20.3 Å². The van der Waals surface area contributed by atoms with Crippen molar-refractivity contribution < 1.29 is 0 Å². The van der Waals surface area contributed by atoms with E-state index in [9.17, 15) is 0 Å². The van der Waals surface area contributed by atoms with E-state index in [1.165, 1.54) is 16.5 Å². The molecule has 0 rings (SSSR count). The van der Waals surface area contributed by atoms with Crippen LogP contribution in [-0.2, 0) is 0 Å². The lowest BCUT2D eigenvalue weighted by molar-refractivity contribution is 2.00. The summed E-state index contributed by atoms with van der Waals surface area (Å²) in [5, 5.41) is 0. The van der Waals surface area contributed by atoms with E-state index < -0.39 is 0 Å². The highest BCUT2D eigenvalue weighted by Gasteiger charge is 1.42. The number of nitrogens with two attached hydrogens (primary N) is 1. The summed E-state index contributed by atoms with van der Waals surface area (Å²) < 4.78 is 4.53. The van der Waals surface area contributed by atoms with Gasteiger partial charge < -0.3 is 4.72 Å². The van der Waals surface area contributed by atoms with Crippen molar-refractivity contribution in [2.75, 3.05) is 0 Å². The van der Waals surface area contributed by atoms with Gasteiger partial charge in [0.05, 0.1) is 0 Å². The third kappa shape index (κ3) is 81.6. The predicted octanol–water partition coefficient (Wildman–Crippen LogP) is -1.13. The normalized spacial score (nSPS) is 3.00. The first-order chi connectivity index (χ1) is 3.41. The fourth-order valence-electron chi connectivity index (χ4n) is 0. The molecule has 0 saturated heterocycles. The molecular formula is C2H12Al3BIN. The van der Waals surface area contributed by atoms with E-state index in [4.69, 9.17) is 0 Å². The number of hydrogen-bond donors (Lipinski definition) is 1. The maximum Gasteiger partial charge on any atom is 0.287 e. The molecule has 0 aromatic carbocycles. The van der Waals surface area contributed by atoms with Crippen molar-refractivity contribution in [3.05, 3.63) is 0 Å². The van der Waals surface area contributed by atoms with Gasteiger partial charge in [-0.1, -0.05) is 13.6 Å². The van der Waals surface area contributed by atoms with E-state index >= 15 is 0 Å². The molecule has 0 aromatic rings. The van der Waals surface area contributed by atoms with Crippen LogP contribution in [0.3, 0.4) is 0 Å². The van der Waals surface area contributed by atoms with Crippen LogP contribution in [0, 0.1) is 0 Å². The van der Waals surface area contributed by atoms with E-state index in [1.54, 1.807) is 0 Å². The Morgan fingerprint density at radius 3 is 1.25 bits per heavy atom. The summed E-state index contributed by atoms with van der Waals surface area (Å²) in [6.45, 7) is 4.00. The molecule has 0 aliphatic heterocycles. The van der Waals surface area contributed by atoms with E-state index in [0.29, 0.717) is 0 Å². The van der Waals surface area contributed by atoms with E-state index in [2.05, 4.69) is 25.0 Å². The summed E-state index contributed by atoms with van der Waals surface area (Å²) >= 11 is 5.37. The number of rotatable bonds is 0. The first-order valence-corrected chi connectivity index (χ1v) is 7.76. The summed E-state index contributed by atoms with van der Waals surface area (Å²) in [7, 11) is 2.00. The summed E-state index contributed by atoms with van der Waals surface area (Å²) in [4.78, 5) is 0. The van der Waals surface area contributed by atoms with Gasteiger partial charge in [-0.05, 0) is 0 Å². The number of halogens is 1. The molecule has 1 nitrogen and oxygen atoms in total. The maximum absolute atomic E-state index is 4.53. The highest BCUT2D eigenvalue weighted by molar-refractivity contribution is 14.1. The minimum atomic E-state index is 0. The van der Waals surface area contributed by atoms with Crippen LogP contribution < -0.4 is 4.72 Å². The van der Waals surface area contributed by atoms with Crippen LogP contribution in [0.15, 0.2) is 0 Å². The van der Waals surface area contributed by atoms with Crippen LogP contribution in [0.1, 0.15) is 0 Å². The quantitative estimate of drug-likeness (QED) is 0.437. The minimum absolute atomic E-state index is 0. The summed E-state index contributed by atoms with van der Waals surface area (Å²) in [6.07, 6.45) is 0. The van der Waals surface area contributed by atoms with Gasteiger partial charge in [0.1, 0.15) is 24.6 Å². The Morgan fingerprint density at radius 2 is 1.25 bits per heavy atom. The summed E-state index contributed by atoms with van der Waals surface area (Å²) in [6, 6.07) is 0. The number of hydrogen-bond acceptors (Lipinski definition) is 1. The smallest absolute Gasteiger partial charge is 0.287 e. The van der Waals surface area contributed by atoms with Gasteiger partial charge in [0, 0.05) is 0 Å². The van der Waals surface area contributed by atoms with Crippen molar-refractivity contribution in [1.29, 1.82) is 0 Å². The van der Waals surface area contributed by atoms with Crippen molar-refractivity contribution in [2.24, 2.45) is 4.72 Å². The topological polar surface area (TPSA) is 26.0 Å². The first-order valence-electron chi connectivity index (χ1n) is 1.83. The zero-order valence-corrected chi connectivity index (χ0v) is 12.9. The Bertz CT molecular complexity index is 17.2. The fraction of sp³-hybridized carbons (Fsp3) is 1.00. The molecule has 0 aliphatic carbocycles. The SMILES string of the molecule is C[B]C.[AlH2].[AlH][I].[NH2][AlH]. The van der Waals surface area contributed by atoms with Crippen LogP contribution in [0.5, 0.6) is 0 Å². The van der Waals surface area contributed by atoms with E-state index in [-0.39, 0.29) is 17.4 Å². The zero-order chi connectivity index (χ0) is 6.71. The molecule has 4 radical (unpaired) electrons. The second kappa shape index (κ2) is 58.1. The molecule has 0 bridgehead atoms. The van der Waals surface area contributed by atoms with Gasteiger partial charge in [0.25, 0.3) is 29.5 Å². The molecular weight excluding hydrogens is 257 g/mol. The molecule has 0 saturated carbocycles. The molecule has 0 spiro atoms. The second-order valence-electron chi connectivity index (χ2n) is 0.577. The molecule has 0 amide bonds. The van der Waals surface area contributed by atoms with Crippen LogP contribution in [0.4, 0.5) is 0 Å². The average Bonchev–Trinajstić information content (AvgIpc) is 1.78. The Labute approximate surface area is 91.7 Å². The lowest BCUT2D eigenvalue weighted by atomic mass is 9.88. The van der Waals surface area contributed by atoms with E-state index in [0.717, 1.165) is 0 Å². The minimum Gasteiger partial charge on any atom is -0.423 e. The largest absolute Gasteiger partial charge is 0.423 e. The van der Waals surface area contributed by atoms with Gasteiger partial charge in [0.15, 0.2) is 0 Å². The van der Waals surface area contributed by atoms with E-state index in [1.807, 2.05) is 33.9 Å². The van der Waals surface area contributed by atoms with Gasteiger partial charge in [0.2, 0.25) is 0 Å². The average molecular weight is 269 g/mol. The molecule has 0 heterocycles. The van der Waals surface area contributed by atoms with Gasteiger partial charge in [-0.25, -0.2) is 20.3 Å². The lowest BCUT2D eigenvalue weighted by Crippen LogP contribution is -1.75. The van der Waals surface area contributed by atoms with Crippen LogP contribution in [0.25, 0.3) is 0 Å². The van der Waals surface area contributed by atoms with Crippen molar-refractivity contribution in [2.45, 2.75) is 13.6 Å². The molecule has 0 aliphatic rings. The fourth-order valence-corrected chi connectivity index (χ4v) is 0. The molecule has 6 heteroatoms. The highest BCUT2D eigenvalue weighted by atomic mass is 127. The maximum atomic E-state index is 4.53. The van der Waals surface area contributed by atoms with Gasteiger partial charge in [-0.3, -0.25) is 0 Å². The van der Waals surface area contributed by atoms with Crippen LogP contribution in [-0.4, -0.2) is 54.2 Å². The lowest BCUT2D eigenvalue weighted by Gasteiger charge is -1.41.